The van der Waals surface area contributed by atoms with Crippen molar-refractivity contribution in [2.75, 3.05) is 13.1 Å². The van der Waals surface area contributed by atoms with E-state index in [9.17, 15) is 4.79 Å². The monoisotopic (exact) mass is 358 g/mol. The van der Waals surface area contributed by atoms with E-state index >= 15 is 0 Å². The Kier molecular flexibility index (Phi) is 4.02. The van der Waals surface area contributed by atoms with Crippen molar-refractivity contribution in [3.05, 3.63) is 52.4 Å². The average molecular weight is 359 g/mol. The maximum atomic E-state index is 12.2. The molecule has 0 saturated carbocycles. The van der Waals surface area contributed by atoms with Gasteiger partial charge in [0.1, 0.15) is 6.10 Å². The van der Waals surface area contributed by atoms with E-state index < -0.39 is 0 Å². The maximum absolute atomic E-state index is 12.2. The van der Waals surface area contributed by atoms with Crippen LogP contribution in [0.4, 0.5) is 0 Å². The summed E-state index contributed by atoms with van der Waals surface area (Å²) in [5, 5.41) is 8.83. The summed E-state index contributed by atoms with van der Waals surface area (Å²) in [5.41, 5.74) is 1.04. The summed E-state index contributed by atoms with van der Waals surface area (Å²) in [6.45, 7) is 0.980. The molecule has 0 atom stereocenters. The van der Waals surface area contributed by atoms with Gasteiger partial charge in [0.05, 0.1) is 30.3 Å². The van der Waals surface area contributed by atoms with Gasteiger partial charge in [0.2, 0.25) is 5.88 Å². The van der Waals surface area contributed by atoms with Crippen molar-refractivity contribution in [3.8, 4) is 11.9 Å². The molecule has 22 heavy (non-hydrogen) atoms. The van der Waals surface area contributed by atoms with Gasteiger partial charge >= 0.3 is 0 Å². The van der Waals surface area contributed by atoms with E-state index in [1.165, 1.54) is 6.20 Å². The van der Waals surface area contributed by atoms with Gasteiger partial charge in [-0.3, -0.25) is 9.78 Å². The number of nitrogens with zero attached hydrogens (tertiary/aromatic N) is 4. The van der Waals surface area contributed by atoms with Crippen molar-refractivity contribution >= 4 is 21.8 Å². The summed E-state index contributed by atoms with van der Waals surface area (Å²) in [6, 6.07) is 6.97. The third-order valence-electron chi connectivity index (χ3n) is 3.24. The first kappa shape index (κ1) is 14.5. The summed E-state index contributed by atoms with van der Waals surface area (Å²) in [5.74, 6) is 0.327. The van der Waals surface area contributed by atoms with Crippen molar-refractivity contribution in [3.63, 3.8) is 0 Å². The minimum atomic E-state index is -0.106. The van der Waals surface area contributed by atoms with Crippen LogP contribution in [0.3, 0.4) is 0 Å². The Morgan fingerprint density at radius 1 is 1.41 bits per heavy atom. The number of aromatic nitrogens is 2. The number of carbonyl (C=O) groups is 1. The van der Waals surface area contributed by atoms with E-state index in [1.54, 1.807) is 35.5 Å². The van der Waals surface area contributed by atoms with Gasteiger partial charge in [-0.2, -0.15) is 5.26 Å². The van der Waals surface area contributed by atoms with Crippen LogP contribution in [0, 0.1) is 11.3 Å². The third kappa shape index (κ3) is 3.07. The van der Waals surface area contributed by atoms with E-state index in [0.29, 0.717) is 30.1 Å². The normalized spacial score (nSPS) is 14.1. The topological polar surface area (TPSA) is 79.1 Å². The number of hydrogen-bond acceptors (Lipinski definition) is 5. The van der Waals surface area contributed by atoms with E-state index in [-0.39, 0.29) is 12.0 Å². The number of rotatable bonds is 3. The number of nitriles is 1. The van der Waals surface area contributed by atoms with Crippen molar-refractivity contribution in [1.82, 2.24) is 14.9 Å². The molecule has 2 aromatic heterocycles. The van der Waals surface area contributed by atoms with E-state index in [0.717, 1.165) is 4.47 Å². The Bertz CT molecular complexity index is 753. The molecule has 3 heterocycles. The maximum Gasteiger partial charge on any atom is 0.255 e. The predicted molar refractivity (Wildman–Crippen MR) is 81.2 cm³/mol. The van der Waals surface area contributed by atoms with Gasteiger partial charge in [-0.15, -0.1) is 0 Å². The SMILES string of the molecule is N#Cc1ccnc(OC2CN(C(=O)c3cncc(Br)c3)C2)c1. The zero-order valence-corrected chi connectivity index (χ0v) is 13.0. The Labute approximate surface area is 135 Å². The van der Waals surface area contributed by atoms with Crippen molar-refractivity contribution < 1.29 is 9.53 Å². The van der Waals surface area contributed by atoms with Gasteiger partial charge in [-0.25, -0.2) is 4.98 Å². The second kappa shape index (κ2) is 6.12. The molecule has 2 aromatic rings. The molecule has 1 fully saturated rings. The molecule has 7 heteroatoms. The van der Waals surface area contributed by atoms with Gasteiger partial charge in [0, 0.05) is 29.1 Å². The second-order valence-electron chi connectivity index (χ2n) is 4.84. The van der Waals surface area contributed by atoms with Crippen LogP contribution in [0.1, 0.15) is 15.9 Å². The van der Waals surface area contributed by atoms with Crippen LogP contribution in [-0.2, 0) is 0 Å². The van der Waals surface area contributed by atoms with E-state index in [2.05, 4.69) is 25.9 Å². The van der Waals surface area contributed by atoms with E-state index in [1.807, 2.05) is 6.07 Å². The quantitative estimate of drug-likeness (QED) is 0.838. The average Bonchev–Trinajstić information content (AvgIpc) is 2.50. The molecule has 1 saturated heterocycles. The molecule has 0 radical (unpaired) electrons. The van der Waals surface area contributed by atoms with Crippen LogP contribution in [0.15, 0.2) is 41.3 Å². The smallest absolute Gasteiger partial charge is 0.255 e. The molecule has 0 aliphatic carbocycles. The van der Waals surface area contributed by atoms with E-state index in [4.69, 9.17) is 10.00 Å². The lowest BCUT2D eigenvalue weighted by Gasteiger charge is -2.38. The van der Waals surface area contributed by atoms with Crippen molar-refractivity contribution in [2.24, 2.45) is 0 Å². The summed E-state index contributed by atoms with van der Waals surface area (Å²) >= 11 is 3.30. The Morgan fingerprint density at radius 2 is 2.23 bits per heavy atom. The first-order valence-electron chi connectivity index (χ1n) is 6.58. The molecule has 0 bridgehead atoms. The summed E-state index contributed by atoms with van der Waals surface area (Å²) < 4.78 is 6.42. The van der Waals surface area contributed by atoms with Gasteiger partial charge < -0.3 is 9.64 Å². The van der Waals surface area contributed by atoms with Crippen molar-refractivity contribution in [1.29, 1.82) is 5.26 Å². The Hall–Kier alpha value is -2.46. The third-order valence-corrected chi connectivity index (χ3v) is 3.67. The first-order valence-corrected chi connectivity index (χ1v) is 7.37. The number of pyridine rings is 2. The van der Waals surface area contributed by atoms with Crippen LogP contribution in [0.2, 0.25) is 0 Å². The van der Waals surface area contributed by atoms with Crippen LogP contribution in [0.5, 0.6) is 5.88 Å². The first-order chi connectivity index (χ1) is 10.7. The molecule has 3 rings (SSSR count). The molecule has 0 spiro atoms. The molecular formula is C15H11BrN4O2. The number of likely N-dealkylation sites (tertiary alicyclic amines) is 1. The van der Waals surface area contributed by atoms with Gasteiger partial charge in [-0.05, 0) is 28.1 Å². The minimum absolute atomic E-state index is 0.0765. The molecule has 0 N–H and O–H groups in total. The zero-order valence-electron chi connectivity index (χ0n) is 11.4. The molecule has 1 aliphatic heterocycles. The Morgan fingerprint density at radius 3 is 2.95 bits per heavy atom. The van der Waals surface area contributed by atoms with Crippen molar-refractivity contribution in [2.45, 2.75) is 6.10 Å². The number of ether oxygens (including phenoxy) is 1. The second-order valence-corrected chi connectivity index (χ2v) is 5.75. The highest BCUT2D eigenvalue weighted by molar-refractivity contribution is 9.10. The highest BCUT2D eigenvalue weighted by Gasteiger charge is 2.33. The lowest BCUT2D eigenvalue weighted by Crippen LogP contribution is -2.56. The zero-order chi connectivity index (χ0) is 15.5. The summed E-state index contributed by atoms with van der Waals surface area (Å²) in [7, 11) is 0. The fourth-order valence-corrected chi connectivity index (χ4v) is 2.47. The fourth-order valence-electron chi connectivity index (χ4n) is 2.10. The number of halogens is 1. The highest BCUT2D eigenvalue weighted by atomic mass is 79.9. The lowest BCUT2D eigenvalue weighted by molar-refractivity contribution is 0.0159. The molecule has 0 aromatic carbocycles. The van der Waals surface area contributed by atoms with Gasteiger partial charge in [0.15, 0.2) is 0 Å². The largest absolute Gasteiger partial charge is 0.471 e. The predicted octanol–water partition coefficient (Wildman–Crippen LogP) is 2.01. The molecule has 0 unspecified atom stereocenters. The lowest BCUT2D eigenvalue weighted by atomic mass is 10.1. The van der Waals surface area contributed by atoms with Crippen LogP contribution < -0.4 is 4.74 Å². The molecule has 6 nitrogen and oxygen atoms in total. The van der Waals surface area contributed by atoms with Crippen LogP contribution >= 0.6 is 15.9 Å². The number of amides is 1. The van der Waals surface area contributed by atoms with Crippen LogP contribution in [0.25, 0.3) is 0 Å². The highest BCUT2D eigenvalue weighted by Crippen LogP contribution is 2.20. The minimum Gasteiger partial charge on any atom is -0.471 e. The Balaban J connectivity index is 1.58. The van der Waals surface area contributed by atoms with Gasteiger partial charge in [0.25, 0.3) is 5.91 Å². The summed E-state index contributed by atoms with van der Waals surface area (Å²) in [6.07, 6.45) is 4.60. The van der Waals surface area contributed by atoms with Gasteiger partial charge in [-0.1, -0.05) is 0 Å². The van der Waals surface area contributed by atoms with Crippen LogP contribution in [-0.4, -0.2) is 40.0 Å². The summed E-state index contributed by atoms with van der Waals surface area (Å²) in [4.78, 5) is 22.0. The fraction of sp³-hybridized carbons (Fsp3) is 0.200. The number of hydrogen-bond donors (Lipinski definition) is 0. The molecule has 1 aliphatic rings. The molecular weight excluding hydrogens is 348 g/mol. The standard InChI is InChI=1S/C15H11BrN4O2/c16-12-4-11(6-18-7-12)15(21)20-8-13(9-20)22-14-3-10(5-17)1-2-19-14/h1-4,6-7,13H,8-9H2. The number of carbonyl (C=O) groups excluding carboxylic acids is 1. The molecule has 1 amide bonds. The molecule has 110 valence electrons.